The zero-order valence-corrected chi connectivity index (χ0v) is 17.1. The van der Waals surface area contributed by atoms with Crippen LogP contribution in [0.5, 0.6) is 11.5 Å². The molecule has 1 saturated carbocycles. The van der Waals surface area contributed by atoms with Gasteiger partial charge in [0.2, 0.25) is 0 Å². The summed E-state index contributed by atoms with van der Waals surface area (Å²) in [6, 6.07) is 5.40. The number of hydrogen-bond acceptors (Lipinski definition) is 4. The molecule has 0 aromatic heterocycles. The zero-order chi connectivity index (χ0) is 19.7. The number of hydrogen-bond donors (Lipinski definition) is 2. The molecule has 1 amide bonds. The Morgan fingerprint density at radius 1 is 1.19 bits per heavy atom. The first kappa shape index (κ1) is 21.5. The number of carbonyl (C=O) groups excluding carboxylic acids is 1. The van der Waals surface area contributed by atoms with E-state index in [2.05, 4.69) is 26.1 Å². The Hall–Kier alpha value is -1.75. The van der Waals surface area contributed by atoms with Crippen molar-refractivity contribution in [3.8, 4) is 11.5 Å². The maximum Gasteiger partial charge on any atom is 0.251 e. The van der Waals surface area contributed by atoms with E-state index in [1.807, 2.05) is 6.07 Å². The van der Waals surface area contributed by atoms with Crippen molar-refractivity contribution in [2.24, 2.45) is 11.3 Å². The molecular formula is C22H35NO4. The maximum absolute atomic E-state index is 12.7. The van der Waals surface area contributed by atoms with Crippen LogP contribution in [0.15, 0.2) is 18.2 Å². The Bertz CT molecular complexity index is 598. The van der Waals surface area contributed by atoms with Crippen LogP contribution in [0.3, 0.4) is 0 Å². The Labute approximate surface area is 163 Å². The highest BCUT2D eigenvalue weighted by Gasteiger charge is 2.41. The van der Waals surface area contributed by atoms with E-state index >= 15 is 0 Å². The molecule has 0 spiro atoms. The second-order valence-corrected chi connectivity index (χ2v) is 7.67. The molecule has 152 valence electrons. The third kappa shape index (κ3) is 5.61. The molecule has 1 atom stereocenters. The van der Waals surface area contributed by atoms with E-state index in [0.29, 0.717) is 42.7 Å². The number of rotatable bonds is 12. The van der Waals surface area contributed by atoms with Gasteiger partial charge in [0.15, 0.2) is 11.5 Å². The molecule has 0 bridgehead atoms. The summed E-state index contributed by atoms with van der Waals surface area (Å²) < 4.78 is 11.5. The lowest BCUT2D eigenvalue weighted by molar-refractivity contribution is 0.0411. The Morgan fingerprint density at radius 3 is 2.41 bits per heavy atom. The highest BCUT2D eigenvalue weighted by molar-refractivity contribution is 5.94. The van der Waals surface area contributed by atoms with Gasteiger partial charge in [0, 0.05) is 18.7 Å². The maximum atomic E-state index is 12.7. The van der Waals surface area contributed by atoms with Gasteiger partial charge in [-0.3, -0.25) is 4.79 Å². The number of ether oxygens (including phenoxy) is 2. The molecule has 0 saturated heterocycles. The fourth-order valence-electron chi connectivity index (χ4n) is 3.64. The molecule has 1 aliphatic carbocycles. The highest BCUT2D eigenvalue weighted by Crippen LogP contribution is 2.47. The average Bonchev–Trinajstić information content (AvgIpc) is 2.64. The van der Waals surface area contributed by atoms with E-state index in [4.69, 9.17) is 9.47 Å². The minimum absolute atomic E-state index is 0.0825. The van der Waals surface area contributed by atoms with Gasteiger partial charge in [-0.05, 0) is 61.6 Å². The first-order chi connectivity index (χ1) is 13.1. The van der Waals surface area contributed by atoms with Crippen LogP contribution in [0.1, 0.15) is 69.7 Å². The molecule has 2 rings (SSSR count). The molecule has 1 aliphatic rings. The van der Waals surface area contributed by atoms with Gasteiger partial charge in [-0.15, -0.1) is 0 Å². The zero-order valence-electron chi connectivity index (χ0n) is 17.1. The topological polar surface area (TPSA) is 67.8 Å². The predicted octanol–water partition coefficient (Wildman–Crippen LogP) is 4.18. The molecule has 1 aromatic rings. The molecular weight excluding hydrogens is 342 g/mol. The molecule has 1 fully saturated rings. The van der Waals surface area contributed by atoms with Crippen molar-refractivity contribution in [1.29, 1.82) is 0 Å². The molecule has 0 aliphatic heterocycles. The predicted molar refractivity (Wildman–Crippen MR) is 107 cm³/mol. The fraction of sp³-hybridized carbons (Fsp3) is 0.682. The van der Waals surface area contributed by atoms with Crippen molar-refractivity contribution in [3.05, 3.63) is 23.8 Å². The minimum Gasteiger partial charge on any atom is -0.490 e. The van der Waals surface area contributed by atoms with Gasteiger partial charge in [0.1, 0.15) is 0 Å². The number of amides is 1. The smallest absolute Gasteiger partial charge is 0.251 e. The van der Waals surface area contributed by atoms with Gasteiger partial charge < -0.3 is 19.9 Å². The number of aliphatic hydroxyl groups is 1. The molecule has 1 unspecified atom stereocenters. The normalized spacial score (nSPS) is 16.3. The Balaban J connectivity index is 2.04. The first-order valence-electron chi connectivity index (χ1n) is 10.3. The van der Waals surface area contributed by atoms with Gasteiger partial charge in [-0.1, -0.05) is 27.2 Å². The van der Waals surface area contributed by atoms with Crippen LogP contribution in [-0.2, 0) is 0 Å². The van der Waals surface area contributed by atoms with Crippen molar-refractivity contribution < 1.29 is 19.4 Å². The van der Waals surface area contributed by atoms with Crippen LogP contribution in [0.2, 0.25) is 0 Å². The second kappa shape index (κ2) is 10.5. The summed E-state index contributed by atoms with van der Waals surface area (Å²) in [6.45, 7) is 8.37. The van der Waals surface area contributed by atoms with Gasteiger partial charge in [-0.25, -0.2) is 0 Å². The lowest BCUT2D eigenvalue weighted by Crippen LogP contribution is -2.46. The molecule has 2 N–H and O–H groups in total. The van der Waals surface area contributed by atoms with Gasteiger partial charge >= 0.3 is 0 Å². The standard InChI is InChI=1S/C22H35NO4/c1-4-13-26-19-8-7-18(15-20(19)27-14-5-2)21(25)23-16-22(10-6-11-22)17(3)9-12-24/h7-8,15,17,24H,4-6,9-14,16H2,1-3H3,(H,23,25). The van der Waals surface area contributed by atoms with Crippen molar-refractivity contribution in [2.45, 2.75) is 59.3 Å². The Kier molecular flexibility index (Phi) is 8.42. The van der Waals surface area contributed by atoms with Crippen LogP contribution in [0.25, 0.3) is 0 Å². The van der Waals surface area contributed by atoms with E-state index in [1.165, 1.54) is 6.42 Å². The highest BCUT2D eigenvalue weighted by atomic mass is 16.5. The quantitative estimate of drug-likeness (QED) is 0.573. The minimum atomic E-state index is -0.0825. The third-order valence-electron chi connectivity index (χ3n) is 5.69. The van der Waals surface area contributed by atoms with Crippen LogP contribution in [0.4, 0.5) is 0 Å². The summed E-state index contributed by atoms with van der Waals surface area (Å²) in [7, 11) is 0. The summed E-state index contributed by atoms with van der Waals surface area (Å²) in [5.74, 6) is 1.64. The van der Waals surface area contributed by atoms with Crippen LogP contribution in [-0.4, -0.2) is 37.4 Å². The molecule has 1 aromatic carbocycles. The van der Waals surface area contributed by atoms with Crippen molar-refractivity contribution in [1.82, 2.24) is 5.32 Å². The van der Waals surface area contributed by atoms with E-state index in [-0.39, 0.29) is 17.9 Å². The summed E-state index contributed by atoms with van der Waals surface area (Å²) in [5, 5.41) is 12.4. The molecule has 0 radical (unpaired) electrons. The van der Waals surface area contributed by atoms with Crippen LogP contribution < -0.4 is 14.8 Å². The van der Waals surface area contributed by atoms with E-state index in [0.717, 1.165) is 32.1 Å². The molecule has 5 heteroatoms. The van der Waals surface area contributed by atoms with Gasteiger partial charge in [0.25, 0.3) is 5.91 Å². The average molecular weight is 378 g/mol. The summed E-state index contributed by atoms with van der Waals surface area (Å²) in [4.78, 5) is 12.7. The van der Waals surface area contributed by atoms with Crippen molar-refractivity contribution in [2.75, 3.05) is 26.4 Å². The van der Waals surface area contributed by atoms with Gasteiger partial charge in [0.05, 0.1) is 13.2 Å². The monoisotopic (exact) mass is 377 g/mol. The summed E-state index contributed by atoms with van der Waals surface area (Å²) >= 11 is 0. The summed E-state index contributed by atoms with van der Waals surface area (Å²) in [6.07, 6.45) is 6.03. The van der Waals surface area contributed by atoms with Gasteiger partial charge in [-0.2, -0.15) is 0 Å². The first-order valence-corrected chi connectivity index (χ1v) is 10.3. The lowest BCUT2D eigenvalue weighted by atomic mass is 9.60. The van der Waals surface area contributed by atoms with Crippen molar-refractivity contribution in [3.63, 3.8) is 0 Å². The molecule has 0 heterocycles. The van der Waals surface area contributed by atoms with E-state index in [9.17, 15) is 9.90 Å². The molecule has 27 heavy (non-hydrogen) atoms. The largest absolute Gasteiger partial charge is 0.490 e. The Morgan fingerprint density at radius 2 is 1.85 bits per heavy atom. The van der Waals surface area contributed by atoms with Crippen LogP contribution in [0, 0.1) is 11.3 Å². The number of aliphatic hydroxyl groups excluding tert-OH is 1. The number of carbonyl (C=O) groups is 1. The second-order valence-electron chi connectivity index (χ2n) is 7.67. The number of nitrogens with one attached hydrogen (secondary N) is 1. The summed E-state index contributed by atoms with van der Waals surface area (Å²) in [5.41, 5.74) is 0.721. The van der Waals surface area contributed by atoms with E-state index in [1.54, 1.807) is 12.1 Å². The fourth-order valence-corrected chi connectivity index (χ4v) is 3.64. The number of benzene rings is 1. The lowest BCUT2D eigenvalue weighted by Gasteiger charge is -2.47. The van der Waals surface area contributed by atoms with E-state index < -0.39 is 0 Å². The SMILES string of the molecule is CCCOc1ccc(C(=O)NCC2(C(C)CCO)CCC2)cc1OCCC. The molecule has 5 nitrogen and oxygen atoms in total. The third-order valence-corrected chi connectivity index (χ3v) is 5.69. The van der Waals surface area contributed by atoms with Crippen molar-refractivity contribution >= 4 is 5.91 Å². The van der Waals surface area contributed by atoms with Crippen LogP contribution >= 0.6 is 0 Å².